The Morgan fingerprint density at radius 1 is 1.11 bits per heavy atom. The molecule has 0 radical (unpaired) electrons. The fourth-order valence-corrected chi connectivity index (χ4v) is 3.56. The van der Waals surface area contributed by atoms with Crippen LogP contribution in [0.15, 0.2) is 58.2 Å². The van der Waals surface area contributed by atoms with E-state index in [9.17, 15) is 4.79 Å². The Hall–Kier alpha value is -2.60. The summed E-state index contributed by atoms with van der Waals surface area (Å²) in [6.45, 7) is 8.14. The summed E-state index contributed by atoms with van der Waals surface area (Å²) in [6, 6.07) is 15.8. The molecule has 3 rings (SSSR count). The largest absolute Gasteiger partial charge is 0.411 e. The standard InChI is InChI=1S/C22H25N3O2S/c1-5-14(2)17-11-8-9-13-19(17)23-20(26)16(4)28-22-25-24-21(27-22)18-12-7-6-10-15(18)3/h6-14,16H,5H2,1-4H3,(H,23,26). The monoisotopic (exact) mass is 395 g/mol. The molecule has 0 spiro atoms. The Balaban J connectivity index is 1.68. The molecule has 5 nitrogen and oxygen atoms in total. The number of nitrogens with zero attached hydrogens (tertiary/aromatic N) is 2. The predicted octanol–water partition coefficient (Wildman–Crippen LogP) is 5.68. The smallest absolute Gasteiger partial charge is 0.277 e. The molecular formula is C22H25N3O2S. The highest BCUT2D eigenvalue weighted by atomic mass is 32.2. The molecule has 1 N–H and O–H groups in total. The second-order valence-electron chi connectivity index (χ2n) is 6.83. The van der Waals surface area contributed by atoms with Gasteiger partial charge in [0.25, 0.3) is 5.22 Å². The number of rotatable bonds is 7. The highest BCUT2D eigenvalue weighted by molar-refractivity contribution is 8.00. The highest BCUT2D eigenvalue weighted by Gasteiger charge is 2.20. The first-order chi connectivity index (χ1) is 13.5. The zero-order chi connectivity index (χ0) is 20.1. The molecule has 2 atom stereocenters. The third kappa shape index (κ3) is 4.62. The van der Waals surface area contributed by atoms with Crippen LogP contribution in [0.2, 0.25) is 0 Å². The average molecular weight is 396 g/mol. The molecule has 1 heterocycles. The van der Waals surface area contributed by atoms with Gasteiger partial charge in [0.15, 0.2) is 0 Å². The maximum Gasteiger partial charge on any atom is 0.277 e. The number of benzene rings is 2. The number of amides is 1. The molecule has 0 aliphatic carbocycles. The van der Waals surface area contributed by atoms with E-state index in [1.807, 2.05) is 56.3 Å². The normalized spacial score (nSPS) is 13.1. The second-order valence-corrected chi connectivity index (χ2v) is 8.13. The summed E-state index contributed by atoms with van der Waals surface area (Å²) in [6.07, 6.45) is 1.01. The van der Waals surface area contributed by atoms with Crippen LogP contribution in [-0.2, 0) is 4.79 Å². The van der Waals surface area contributed by atoms with Crippen molar-refractivity contribution in [2.75, 3.05) is 5.32 Å². The molecule has 0 bridgehead atoms. The third-order valence-electron chi connectivity index (χ3n) is 4.79. The van der Waals surface area contributed by atoms with Gasteiger partial charge in [-0.25, -0.2) is 0 Å². The number of para-hydroxylation sites is 1. The van der Waals surface area contributed by atoms with Crippen LogP contribution in [0.25, 0.3) is 11.5 Å². The summed E-state index contributed by atoms with van der Waals surface area (Å²) in [5.74, 6) is 0.763. The molecule has 2 aromatic carbocycles. The van der Waals surface area contributed by atoms with E-state index in [1.165, 1.54) is 11.8 Å². The van der Waals surface area contributed by atoms with Gasteiger partial charge in [-0.1, -0.05) is 62.0 Å². The molecule has 1 aromatic heterocycles. The Morgan fingerprint density at radius 3 is 2.57 bits per heavy atom. The number of hydrogen-bond acceptors (Lipinski definition) is 5. The maximum atomic E-state index is 12.7. The predicted molar refractivity (Wildman–Crippen MR) is 114 cm³/mol. The molecule has 28 heavy (non-hydrogen) atoms. The second kappa shape index (κ2) is 9.06. The molecule has 2 unspecified atom stereocenters. The van der Waals surface area contributed by atoms with Crippen LogP contribution < -0.4 is 5.32 Å². The van der Waals surface area contributed by atoms with Crippen molar-refractivity contribution in [1.29, 1.82) is 0 Å². The van der Waals surface area contributed by atoms with Crippen molar-refractivity contribution in [3.63, 3.8) is 0 Å². The fraction of sp³-hybridized carbons (Fsp3) is 0.318. The van der Waals surface area contributed by atoms with E-state index >= 15 is 0 Å². The molecular weight excluding hydrogens is 370 g/mol. The lowest BCUT2D eigenvalue weighted by Crippen LogP contribution is -2.23. The van der Waals surface area contributed by atoms with Crippen LogP contribution in [0.3, 0.4) is 0 Å². The van der Waals surface area contributed by atoms with E-state index in [-0.39, 0.29) is 11.2 Å². The summed E-state index contributed by atoms with van der Waals surface area (Å²) in [4.78, 5) is 12.7. The molecule has 6 heteroatoms. The minimum atomic E-state index is -0.366. The number of hydrogen-bond donors (Lipinski definition) is 1. The van der Waals surface area contributed by atoms with Crippen LogP contribution in [-0.4, -0.2) is 21.4 Å². The molecule has 0 fully saturated rings. The van der Waals surface area contributed by atoms with Gasteiger partial charge in [0.1, 0.15) is 0 Å². The van der Waals surface area contributed by atoms with Gasteiger partial charge >= 0.3 is 0 Å². The van der Waals surface area contributed by atoms with Gasteiger partial charge in [-0.2, -0.15) is 0 Å². The summed E-state index contributed by atoms with van der Waals surface area (Å²) < 4.78 is 5.76. The fourth-order valence-electron chi connectivity index (χ4n) is 2.88. The molecule has 1 amide bonds. The first-order valence-corrected chi connectivity index (χ1v) is 10.3. The number of carbonyl (C=O) groups excluding carboxylic acids is 1. The van der Waals surface area contributed by atoms with Crippen molar-refractivity contribution < 1.29 is 9.21 Å². The Bertz CT molecular complexity index is 954. The van der Waals surface area contributed by atoms with Gasteiger partial charge in [-0.3, -0.25) is 4.79 Å². The molecule has 0 saturated heterocycles. The average Bonchev–Trinajstić information content (AvgIpc) is 3.16. The molecule has 146 valence electrons. The van der Waals surface area contributed by atoms with Crippen molar-refractivity contribution in [2.24, 2.45) is 0 Å². The number of thioether (sulfide) groups is 1. The van der Waals surface area contributed by atoms with Gasteiger partial charge < -0.3 is 9.73 Å². The Labute approximate surface area is 170 Å². The molecule has 0 aliphatic rings. The summed E-state index contributed by atoms with van der Waals surface area (Å²) >= 11 is 1.26. The number of aromatic nitrogens is 2. The lowest BCUT2D eigenvalue weighted by atomic mass is 9.97. The highest BCUT2D eigenvalue weighted by Crippen LogP contribution is 2.30. The van der Waals surface area contributed by atoms with Gasteiger partial charge in [0.2, 0.25) is 11.8 Å². The number of nitrogens with one attached hydrogen (secondary N) is 1. The Kier molecular flexibility index (Phi) is 6.52. The van der Waals surface area contributed by atoms with Crippen LogP contribution in [0.5, 0.6) is 0 Å². The minimum absolute atomic E-state index is 0.0867. The Morgan fingerprint density at radius 2 is 1.82 bits per heavy atom. The first-order valence-electron chi connectivity index (χ1n) is 9.45. The van der Waals surface area contributed by atoms with Crippen molar-refractivity contribution in [3.05, 3.63) is 59.7 Å². The van der Waals surface area contributed by atoms with Crippen LogP contribution >= 0.6 is 11.8 Å². The first kappa shape index (κ1) is 20.1. The van der Waals surface area contributed by atoms with Gasteiger partial charge in [-0.05, 0) is 49.4 Å². The van der Waals surface area contributed by atoms with Crippen molar-refractivity contribution in [1.82, 2.24) is 10.2 Å². The number of anilines is 1. The molecule has 3 aromatic rings. The number of carbonyl (C=O) groups is 1. The van der Waals surface area contributed by atoms with Crippen molar-refractivity contribution in [3.8, 4) is 11.5 Å². The quantitative estimate of drug-likeness (QED) is 0.521. The summed E-state index contributed by atoms with van der Waals surface area (Å²) in [7, 11) is 0. The lowest BCUT2D eigenvalue weighted by molar-refractivity contribution is -0.115. The van der Waals surface area contributed by atoms with E-state index in [0.29, 0.717) is 17.0 Å². The van der Waals surface area contributed by atoms with Gasteiger partial charge in [-0.15, -0.1) is 10.2 Å². The van der Waals surface area contributed by atoms with Crippen LogP contribution in [0.4, 0.5) is 5.69 Å². The maximum absolute atomic E-state index is 12.7. The lowest BCUT2D eigenvalue weighted by Gasteiger charge is -2.17. The van der Waals surface area contributed by atoms with E-state index in [1.54, 1.807) is 0 Å². The minimum Gasteiger partial charge on any atom is -0.411 e. The van der Waals surface area contributed by atoms with E-state index < -0.39 is 0 Å². The van der Waals surface area contributed by atoms with E-state index in [2.05, 4.69) is 35.4 Å². The zero-order valence-electron chi connectivity index (χ0n) is 16.6. The van der Waals surface area contributed by atoms with E-state index in [0.717, 1.165) is 28.8 Å². The molecule has 0 saturated carbocycles. The van der Waals surface area contributed by atoms with E-state index in [4.69, 9.17) is 4.42 Å². The SMILES string of the molecule is CCC(C)c1ccccc1NC(=O)C(C)Sc1nnc(-c2ccccc2C)o1. The summed E-state index contributed by atoms with van der Waals surface area (Å²) in [5.41, 5.74) is 3.98. The summed E-state index contributed by atoms with van der Waals surface area (Å²) in [5, 5.41) is 11.3. The van der Waals surface area contributed by atoms with Gasteiger partial charge in [0.05, 0.1) is 5.25 Å². The third-order valence-corrected chi connectivity index (χ3v) is 5.72. The van der Waals surface area contributed by atoms with Crippen LogP contribution in [0, 0.1) is 6.92 Å². The van der Waals surface area contributed by atoms with Gasteiger partial charge in [0, 0.05) is 11.3 Å². The molecule has 0 aliphatic heterocycles. The van der Waals surface area contributed by atoms with Crippen molar-refractivity contribution >= 4 is 23.4 Å². The zero-order valence-corrected chi connectivity index (χ0v) is 17.4. The number of aryl methyl sites for hydroxylation is 1. The topological polar surface area (TPSA) is 68.0 Å². The van der Waals surface area contributed by atoms with Crippen molar-refractivity contribution in [2.45, 2.75) is 50.5 Å². The van der Waals surface area contributed by atoms with Crippen LogP contribution in [0.1, 0.15) is 44.2 Å².